The van der Waals surface area contributed by atoms with Crippen molar-refractivity contribution in [1.29, 1.82) is 0 Å². The molecule has 0 radical (unpaired) electrons. The molecule has 0 spiro atoms. The van der Waals surface area contributed by atoms with Gasteiger partial charge in [-0.15, -0.1) is 0 Å². The zero-order valence-corrected chi connectivity index (χ0v) is 27.1. The van der Waals surface area contributed by atoms with Crippen LogP contribution in [0.3, 0.4) is 0 Å². The van der Waals surface area contributed by atoms with Crippen molar-refractivity contribution in [2.75, 3.05) is 33.0 Å². The van der Waals surface area contributed by atoms with Gasteiger partial charge < -0.3 is 40.0 Å². The van der Waals surface area contributed by atoms with Gasteiger partial charge in [0.05, 0.1) is 32.0 Å². The third-order valence-electron chi connectivity index (χ3n) is 10.5. The lowest BCUT2D eigenvalue weighted by Gasteiger charge is -2.44. The fourth-order valence-electron chi connectivity index (χ4n) is 8.49. The number of ether oxygens (including phenoxy) is 3. The highest BCUT2D eigenvalue weighted by atomic mass is 16.6. The van der Waals surface area contributed by atoms with Crippen LogP contribution in [0.5, 0.6) is 0 Å². The third kappa shape index (κ3) is 12.1. The van der Waals surface area contributed by atoms with E-state index < -0.39 is 18.3 Å². The summed E-state index contributed by atoms with van der Waals surface area (Å²) in [5.41, 5.74) is 6.32. The van der Waals surface area contributed by atoms with Gasteiger partial charge in [0.2, 0.25) is 0 Å². The van der Waals surface area contributed by atoms with Gasteiger partial charge in [-0.05, 0) is 93.3 Å². The molecule has 2 aliphatic carbocycles. The minimum atomic E-state index is -0.604. The topological polar surface area (TPSA) is 185 Å². The number of aliphatic hydroxyl groups excluding tert-OH is 4. The molecule has 256 valence electrons. The van der Waals surface area contributed by atoms with Crippen LogP contribution in [-0.4, -0.2) is 95.9 Å². The molecule has 11 atom stereocenters. The molecule has 2 saturated carbocycles. The van der Waals surface area contributed by atoms with Crippen LogP contribution in [0.4, 0.5) is 0 Å². The van der Waals surface area contributed by atoms with E-state index in [1.54, 1.807) is 0 Å². The molecule has 11 unspecified atom stereocenters. The van der Waals surface area contributed by atoms with Gasteiger partial charge in [-0.3, -0.25) is 15.3 Å². The number of carbonyl (C=O) groups is 2. The molecule has 3 aliphatic rings. The van der Waals surface area contributed by atoms with Crippen LogP contribution in [0.15, 0.2) is 0 Å². The van der Waals surface area contributed by atoms with Crippen molar-refractivity contribution in [1.82, 2.24) is 0 Å². The van der Waals surface area contributed by atoms with E-state index in [0.717, 1.165) is 51.5 Å². The maximum atomic E-state index is 12.3. The Hall–Kier alpha value is -1.34. The first-order valence-corrected chi connectivity index (χ1v) is 17.2. The molecule has 0 aromatic carbocycles. The quantitative estimate of drug-likeness (QED) is 0.144. The van der Waals surface area contributed by atoms with Gasteiger partial charge in [0.1, 0.15) is 18.4 Å². The van der Waals surface area contributed by atoms with Crippen molar-refractivity contribution in [2.45, 2.75) is 128 Å². The molecule has 11 nitrogen and oxygen atoms in total. The summed E-state index contributed by atoms with van der Waals surface area (Å²) in [6.45, 7) is 4.04. The Kier molecular flexibility index (Phi) is 16.3. The first-order valence-electron chi connectivity index (χ1n) is 17.2. The van der Waals surface area contributed by atoms with Crippen molar-refractivity contribution in [2.24, 2.45) is 41.2 Å². The molecule has 0 amide bonds. The van der Waals surface area contributed by atoms with Crippen molar-refractivity contribution >= 4 is 11.9 Å². The lowest BCUT2D eigenvalue weighted by atomic mass is 9.66. The van der Waals surface area contributed by atoms with Gasteiger partial charge in [-0.25, -0.2) is 0 Å². The summed E-state index contributed by atoms with van der Waals surface area (Å²) in [6.07, 6.45) is 8.13. The largest absolute Gasteiger partial charge is 0.462 e. The highest BCUT2D eigenvalue weighted by molar-refractivity contribution is 5.66. The minimum Gasteiger partial charge on any atom is -0.462 e. The fourth-order valence-corrected chi connectivity index (χ4v) is 8.49. The molecular formula is C33H61N2O9+. The normalized spacial score (nSPS) is 34.8. The summed E-state index contributed by atoms with van der Waals surface area (Å²) in [7, 11) is 0. The van der Waals surface area contributed by atoms with Crippen LogP contribution in [0.25, 0.3) is 0 Å². The minimum absolute atomic E-state index is 0.0141. The SMILES string of the molecule is CC(=O)OC(CCC1CC(OCCO)C(O)CC1C1CC[NH2+]C(N)C1)CC(OC(C)=O)C1CC(CO)CCCC(CCO)C1. The first-order chi connectivity index (χ1) is 21.1. The zero-order valence-electron chi connectivity index (χ0n) is 27.1. The summed E-state index contributed by atoms with van der Waals surface area (Å²) < 4.78 is 17.7. The van der Waals surface area contributed by atoms with Crippen LogP contribution in [0.2, 0.25) is 0 Å². The predicted molar refractivity (Wildman–Crippen MR) is 164 cm³/mol. The molecule has 11 heteroatoms. The van der Waals surface area contributed by atoms with Crippen LogP contribution in [-0.2, 0) is 23.8 Å². The number of rotatable bonds is 15. The van der Waals surface area contributed by atoms with E-state index in [1.165, 1.54) is 13.8 Å². The van der Waals surface area contributed by atoms with Crippen LogP contribution >= 0.6 is 0 Å². The molecule has 44 heavy (non-hydrogen) atoms. The Morgan fingerprint density at radius 2 is 1.64 bits per heavy atom. The number of nitrogens with two attached hydrogens (primary N) is 2. The highest BCUT2D eigenvalue weighted by Crippen LogP contribution is 2.43. The second-order valence-corrected chi connectivity index (χ2v) is 13.8. The number of aliphatic hydroxyl groups is 4. The van der Waals surface area contributed by atoms with Gasteiger partial charge in [0, 0.05) is 39.9 Å². The van der Waals surface area contributed by atoms with Gasteiger partial charge in [-0.1, -0.05) is 12.8 Å². The summed E-state index contributed by atoms with van der Waals surface area (Å²) in [5.74, 6) is 0.516. The third-order valence-corrected chi connectivity index (χ3v) is 10.5. The van der Waals surface area contributed by atoms with Crippen molar-refractivity contribution in [3.63, 3.8) is 0 Å². The van der Waals surface area contributed by atoms with E-state index in [0.29, 0.717) is 50.4 Å². The van der Waals surface area contributed by atoms with Crippen molar-refractivity contribution < 1.29 is 49.5 Å². The van der Waals surface area contributed by atoms with Gasteiger partial charge in [-0.2, -0.15) is 0 Å². The van der Waals surface area contributed by atoms with Crippen LogP contribution in [0, 0.1) is 35.5 Å². The lowest BCUT2D eigenvalue weighted by Crippen LogP contribution is -2.94. The molecule has 0 aromatic rings. The molecular weight excluding hydrogens is 568 g/mol. The smallest absolute Gasteiger partial charge is 0.302 e. The summed E-state index contributed by atoms with van der Waals surface area (Å²) in [4.78, 5) is 24.6. The van der Waals surface area contributed by atoms with E-state index in [2.05, 4.69) is 5.32 Å². The molecule has 0 aromatic heterocycles. The maximum absolute atomic E-state index is 12.3. The van der Waals surface area contributed by atoms with E-state index in [1.807, 2.05) is 0 Å². The standard InChI is InChI=1S/C33H60N2O9/c1-21(39)43-28(18-31(44-22(2)40)27-14-23(9-11-36)4-3-5-24(15-27)20-38)7-6-25-16-32(42-13-12-37)30(41)19-29(25)26-8-10-35-33(34)17-26/h23-33,35-38,41H,3-20,34H2,1-2H3/p+1. The van der Waals surface area contributed by atoms with Crippen LogP contribution in [0.1, 0.15) is 97.3 Å². The van der Waals surface area contributed by atoms with E-state index in [9.17, 15) is 30.0 Å². The van der Waals surface area contributed by atoms with E-state index in [4.69, 9.17) is 19.9 Å². The second-order valence-electron chi connectivity index (χ2n) is 13.8. The summed E-state index contributed by atoms with van der Waals surface area (Å²) in [6, 6.07) is 0. The maximum Gasteiger partial charge on any atom is 0.302 e. The predicted octanol–water partition coefficient (Wildman–Crippen LogP) is 1.23. The Morgan fingerprint density at radius 3 is 2.30 bits per heavy atom. The van der Waals surface area contributed by atoms with Gasteiger partial charge in [0.15, 0.2) is 0 Å². The van der Waals surface area contributed by atoms with Crippen molar-refractivity contribution in [3.8, 4) is 0 Å². The molecule has 1 saturated heterocycles. The second kappa shape index (κ2) is 19.4. The molecule has 3 rings (SSSR count). The first kappa shape index (κ1) is 37.1. The number of quaternary nitrogens is 1. The Morgan fingerprint density at radius 1 is 0.909 bits per heavy atom. The fraction of sp³-hybridized carbons (Fsp3) is 0.939. The van der Waals surface area contributed by atoms with Crippen molar-refractivity contribution in [3.05, 3.63) is 0 Å². The molecule has 1 heterocycles. The zero-order chi connectivity index (χ0) is 32.1. The number of carbonyl (C=O) groups excluding carboxylic acids is 2. The number of hydrogen-bond acceptors (Lipinski definition) is 10. The summed E-state index contributed by atoms with van der Waals surface area (Å²) in [5, 5.41) is 42.2. The van der Waals surface area contributed by atoms with Gasteiger partial charge in [0.25, 0.3) is 0 Å². The Labute approximate surface area is 263 Å². The molecule has 8 N–H and O–H groups in total. The molecule has 3 fully saturated rings. The highest BCUT2D eigenvalue weighted by Gasteiger charge is 2.43. The van der Waals surface area contributed by atoms with E-state index >= 15 is 0 Å². The molecule has 0 bridgehead atoms. The Balaban J connectivity index is 1.79. The average Bonchev–Trinajstić information content (AvgIpc) is 2.96. The Bertz CT molecular complexity index is 848. The van der Waals surface area contributed by atoms with E-state index in [-0.39, 0.29) is 74.3 Å². The van der Waals surface area contributed by atoms with Crippen LogP contribution < -0.4 is 11.1 Å². The number of esters is 2. The number of hydrogen-bond donors (Lipinski definition) is 6. The lowest BCUT2D eigenvalue weighted by molar-refractivity contribution is -0.699. The summed E-state index contributed by atoms with van der Waals surface area (Å²) >= 11 is 0. The number of piperidine rings is 1. The average molecular weight is 630 g/mol. The molecule has 1 aliphatic heterocycles. The monoisotopic (exact) mass is 629 g/mol. The van der Waals surface area contributed by atoms with Gasteiger partial charge >= 0.3 is 11.9 Å².